The zero-order valence-corrected chi connectivity index (χ0v) is 13.9. The van der Waals surface area contributed by atoms with Crippen molar-refractivity contribution < 1.29 is 4.39 Å². The van der Waals surface area contributed by atoms with Gasteiger partial charge in [-0.05, 0) is 43.2 Å². The Bertz CT molecular complexity index is 615. The minimum Gasteiger partial charge on any atom is -0.361 e. The topological polar surface area (TPSA) is 29.3 Å². The van der Waals surface area contributed by atoms with Crippen LogP contribution in [0.15, 0.2) is 46.9 Å². The zero-order chi connectivity index (χ0) is 15.4. The molecule has 0 spiro atoms. The fourth-order valence-corrected chi connectivity index (χ4v) is 3.33. The number of likely N-dealkylation sites (N-methyl/N-ethyl adjacent to an activating group) is 1. The van der Waals surface area contributed by atoms with E-state index in [1.54, 1.807) is 12.1 Å². The quantitative estimate of drug-likeness (QED) is 0.864. The summed E-state index contributed by atoms with van der Waals surface area (Å²) in [6.07, 6.45) is 0. The van der Waals surface area contributed by atoms with Crippen molar-refractivity contribution in [2.24, 2.45) is 5.73 Å². The third-order valence-electron chi connectivity index (χ3n) is 3.62. The Morgan fingerprint density at radius 1 is 1.24 bits per heavy atom. The highest BCUT2D eigenvalue weighted by Gasteiger charge is 2.22. The summed E-state index contributed by atoms with van der Waals surface area (Å²) in [5.74, 6) is -0.221. The fourth-order valence-electron chi connectivity index (χ4n) is 2.57. The predicted molar refractivity (Wildman–Crippen MR) is 90.1 cm³/mol. The lowest BCUT2D eigenvalue weighted by Crippen LogP contribution is -2.34. The van der Waals surface area contributed by atoms with Gasteiger partial charge in [0, 0.05) is 17.6 Å². The molecule has 21 heavy (non-hydrogen) atoms. The molecule has 2 rings (SSSR count). The van der Waals surface area contributed by atoms with E-state index in [9.17, 15) is 4.39 Å². The molecule has 0 aliphatic carbocycles. The van der Waals surface area contributed by atoms with Gasteiger partial charge in [-0.1, -0.05) is 40.2 Å². The van der Waals surface area contributed by atoms with Gasteiger partial charge in [0.15, 0.2) is 0 Å². The summed E-state index contributed by atoms with van der Waals surface area (Å²) in [6, 6.07) is 12.9. The average molecular weight is 351 g/mol. The lowest BCUT2D eigenvalue weighted by atomic mass is 10.0. The van der Waals surface area contributed by atoms with E-state index < -0.39 is 0 Å². The molecule has 0 saturated carbocycles. The molecule has 0 heterocycles. The molecule has 2 N–H and O–H groups in total. The number of nitrogens with zero attached hydrogens (tertiary/aromatic N) is 1. The summed E-state index contributed by atoms with van der Waals surface area (Å²) in [5.41, 5.74) is 8.83. The molecule has 0 aromatic heterocycles. The molecule has 0 fully saturated rings. The van der Waals surface area contributed by atoms with E-state index in [1.807, 2.05) is 24.8 Å². The molecule has 2 aromatic carbocycles. The van der Waals surface area contributed by atoms with Gasteiger partial charge < -0.3 is 10.6 Å². The van der Waals surface area contributed by atoms with Crippen molar-refractivity contribution in [2.45, 2.75) is 19.9 Å². The van der Waals surface area contributed by atoms with Gasteiger partial charge in [0.2, 0.25) is 0 Å². The van der Waals surface area contributed by atoms with Crippen molar-refractivity contribution in [3.8, 4) is 0 Å². The molecule has 4 heteroatoms. The van der Waals surface area contributed by atoms with Gasteiger partial charge in [0.1, 0.15) is 5.82 Å². The summed E-state index contributed by atoms with van der Waals surface area (Å²) < 4.78 is 15.1. The van der Waals surface area contributed by atoms with E-state index in [-0.39, 0.29) is 11.9 Å². The second kappa shape index (κ2) is 7.05. The van der Waals surface area contributed by atoms with Crippen LogP contribution in [0.25, 0.3) is 0 Å². The van der Waals surface area contributed by atoms with Gasteiger partial charge in [-0.2, -0.15) is 0 Å². The number of halogens is 2. The predicted octanol–water partition coefficient (Wildman–Crippen LogP) is 4.42. The first kappa shape index (κ1) is 16.0. The molecule has 2 nitrogen and oxygen atoms in total. The lowest BCUT2D eigenvalue weighted by molar-refractivity contribution is 0.587. The Morgan fingerprint density at radius 3 is 2.52 bits per heavy atom. The van der Waals surface area contributed by atoms with Gasteiger partial charge in [-0.25, -0.2) is 4.39 Å². The number of hydrogen-bond donors (Lipinski definition) is 1. The smallest absolute Gasteiger partial charge is 0.146 e. The van der Waals surface area contributed by atoms with Gasteiger partial charge in [-0.15, -0.1) is 0 Å². The van der Waals surface area contributed by atoms with Crippen LogP contribution in [-0.2, 0) is 0 Å². The Labute approximate surface area is 133 Å². The molecule has 0 aliphatic rings. The first-order valence-corrected chi connectivity index (χ1v) is 7.85. The number of benzene rings is 2. The van der Waals surface area contributed by atoms with Crippen LogP contribution < -0.4 is 10.6 Å². The summed E-state index contributed by atoms with van der Waals surface area (Å²) in [5, 5.41) is 0. The molecule has 0 bridgehead atoms. The molecule has 0 radical (unpaired) electrons. The van der Waals surface area contributed by atoms with Crippen LogP contribution in [0.4, 0.5) is 10.1 Å². The molecular formula is C17H20BrFN2. The molecule has 0 saturated heterocycles. The maximum absolute atomic E-state index is 14.1. The van der Waals surface area contributed by atoms with Crippen molar-refractivity contribution in [3.05, 3.63) is 63.9 Å². The average Bonchev–Trinajstić information content (AvgIpc) is 2.47. The van der Waals surface area contributed by atoms with E-state index in [2.05, 4.69) is 34.1 Å². The molecule has 1 atom stereocenters. The maximum atomic E-state index is 14.1. The van der Waals surface area contributed by atoms with E-state index in [0.29, 0.717) is 18.8 Å². The van der Waals surface area contributed by atoms with Crippen LogP contribution in [0.3, 0.4) is 0 Å². The second-order valence-electron chi connectivity index (χ2n) is 5.01. The maximum Gasteiger partial charge on any atom is 0.146 e. The van der Waals surface area contributed by atoms with Gasteiger partial charge >= 0.3 is 0 Å². The second-order valence-corrected chi connectivity index (χ2v) is 5.87. The molecule has 1 unspecified atom stereocenters. The highest BCUT2D eigenvalue weighted by atomic mass is 79.9. The number of para-hydroxylation sites is 1. The van der Waals surface area contributed by atoms with Crippen LogP contribution >= 0.6 is 15.9 Å². The summed E-state index contributed by atoms with van der Waals surface area (Å²) in [4.78, 5) is 2.00. The monoisotopic (exact) mass is 350 g/mol. The first-order chi connectivity index (χ1) is 10.1. The van der Waals surface area contributed by atoms with Gasteiger partial charge in [0.25, 0.3) is 0 Å². The Hall–Kier alpha value is -1.39. The summed E-state index contributed by atoms with van der Waals surface area (Å²) in [6.45, 7) is 5.16. The van der Waals surface area contributed by atoms with Gasteiger partial charge in [-0.3, -0.25) is 0 Å². The van der Waals surface area contributed by atoms with Crippen molar-refractivity contribution in [3.63, 3.8) is 0 Å². The largest absolute Gasteiger partial charge is 0.361 e. The highest BCUT2D eigenvalue weighted by molar-refractivity contribution is 9.10. The van der Waals surface area contributed by atoms with Crippen LogP contribution in [0.1, 0.15) is 24.1 Å². The molecular weight excluding hydrogens is 331 g/mol. The van der Waals surface area contributed by atoms with Crippen molar-refractivity contribution in [1.29, 1.82) is 0 Å². The minimum absolute atomic E-state index is 0.0677. The van der Waals surface area contributed by atoms with Crippen LogP contribution in [0, 0.1) is 12.7 Å². The number of rotatable bonds is 5. The van der Waals surface area contributed by atoms with Crippen molar-refractivity contribution in [2.75, 3.05) is 18.0 Å². The number of hydrogen-bond acceptors (Lipinski definition) is 2. The Balaban J connectivity index is 2.45. The number of nitrogens with two attached hydrogens (primary N) is 1. The van der Waals surface area contributed by atoms with E-state index in [1.165, 1.54) is 11.6 Å². The fraction of sp³-hybridized carbons (Fsp3) is 0.294. The highest BCUT2D eigenvalue weighted by Crippen LogP contribution is 2.32. The van der Waals surface area contributed by atoms with Crippen LogP contribution in [0.5, 0.6) is 0 Å². The standard InChI is InChI=1S/C17H20BrFN2/c1-3-21(16-7-5-4-6-15(16)19)17(11-20)13-9-8-12(2)10-14(13)18/h4-10,17H,3,11,20H2,1-2H3. The molecule has 2 aromatic rings. The third-order valence-corrected chi connectivity index (χ3v) is 4.30. The van der Waals surface area contributed by atoms with E-state index in [0.717, 1.165) is 10.0 Å². The SMILES string of the molecule is CCN(c1ccccc1F)C(CN)c1ccc(C)cc1Br. The molecule has 0 amide bonds. The van der Waals surface area contributed by atoms with Gasteiger partial charge in [0.05, 0.1) is 11.7 Å². The van der Waals surface area contributed by atoms with E-state index >= 15 is 0 Å². The minimum atomic E-state index is -0.221. The Morgan fingerprint density at radius 2 is 1.95 bits per heavy atom. The molecule has 0 aliphatic heterocycles. The van der Waals surface area contributed by atoms with E-state index in [4.69, 9.17) is 5.73 Å². The first-order valence-electron chi connectivity index (χ1n) is 7.05. The molecule has 112 valence electrons. The Kier molecular flexibility index (Phi) is 5.37. The number of aryl methyl sites for hydroxylation is 1. The van der Waals surface area contributed by atoms with Crippen LogP contribution in [0.2, 0.25) is 0 Å². The lowest BCUT2D eigenvalue weighted by Gasteiger charge is -2.33. The third kappa shape index (κ3) is 3.44. The van der Waals surface area contributed by atoms with Crippen LogP contribution in [-0.4, -0.2) is 13.1 Å². The summed E-state index contributed by atoms with van der Waals surface area (Å²) >= 11 is 3.60. The zero-order valence-electron chi connectivity index (χ0n) is 12.3. The van der Waals surface area contributed by atoms with Crippen molar-refractivity contribution in [1.82, 2.24) is 0 Å². The summed E-state index contributed by atoms with van der Waals surface area (Å²) in [7, 11) is 0. The normalized spacial score (nSPS) is 12.2. The van der Waals surface area contributed by atoms with Crippen molar-refractivity contribution >= 4 is 21.6 Å². The number of anilines is 1.